The number of carbonyl (C=O) groups excluding carboxylic acids is 1. The van der Waals surface area contributed by atoms with Crippen molar-refractivity contribution < 1.29 is 22.4 Å². The average molecular weight is 532 g/mol. The maximum Gasteiger partial charge on any atom is 0.417 e. The molecule has 5 rings (SSSR count). The number of aliphatic imine (C=N–C) groups is 1. The Morgan fingerprint density at radius 2 is 1.85 bits per heavy atom. The van der Waals surface area contributed by atoms with Gasteiger partial charge in [-0.3, -0.25) is 4.79 Å². The first-order valence-corrected chi connectivity index (χ1v) is 11.6. The lowest BCUT2D eigenvalue weighted by atomic mass is 10.0. The molecule has 13 heteroatoms. The van der Waals surface area contributed by atoms with Crippen LogP contribution in [0.3, 0.4) is 0 Å². The highest BCUT2D eigenvalue weighted by Crippen LogP contribution is 2.34. The quantitative estimate of drug-likeness (QED) is 0.233. The van der Waals surface area contributed by atoms with Crippen LogP contribution in [-0.2, 0) is 11.0 Å². The molecule has 1 aliphatic rings. The van der Waals surface area contributed by atoms with Crippen LogP contribution in [0.4, 0.5) is 30.6 Å². The molecule has 1 aliphatic heterocycles. The highest BCUT2D eigenvalue weighted by atomic mass is 19.4. The van der Waals surface area contributed by atoms with E-state index in [4.69, 9.17) is 11.0 Å². The first kappa shape index (κ1) is 25.4. The van der Waals surface area contributed by atoms with E-state index < -0.39 is 23.8 Å². The molecule has 10 nitrogen and oxygen atoms in total. The number of pyridine rings is 1. The molecule has 0 bridgehead atoms. The monoisotopic (exact) mass is 532 g/mol. The van der Waals surface area contributed by atoms with Crippen LogP contribution in [0.5, 0.6) is 0 Å². The molecule has 0 radical (unpaired) electrons. The molecule has 0 unspecified atom stereocenters. The van der Waals surface area contributed by atoms with Crippen LogP contribution in [0.25, 0.3) is 16.4 Å². The third-order valence-electron chi connectivity index (χ3n) is 5.64. The molecule has 0 spiro atoms. The van der Waals surface area contributed by atoms with Crippen molar-refractivity contribution in [2.24, 2.45) is 4.99 Å². The number of nitrogens with one attached hydrogen (secondary N) is 3. The molecule has 4 aromatic rings. The second kappa shape index (κ2) is 10.6. The zero-order valence-corrected chi connectivity index (χ0v) is 20.0. The van der Waals surface area contributed by atoms with Gasteiger partial charge in [0.1, 0.15) is 0 Å². The minimum absolute atomic E-state index is 0.0317. The van der Waals surface area contributed by atoms with E-state index in [-0.39, 0.29) is 36.4 Å². The van der Waals surface area contributed by atoms with Gasteiger partial charge in [0, 0.05) is 17.3 Å². The Morgan fingerprint density at radius 3 is 2.62 bits per heavy atom. The maximum absolute atomic E-state index is 13.2. The number of nitrogens with zero attached hydrogens (tertiary/aromatic N) is 5. The van der Waals surface area contributed by atoms with Gasteiger partial charge in [-0.15, -0.1) is 5.10 Å². The summed E-state index contributed by atoms with van der Waals surface area (Å²) < 4.78 is 45.4. The largest absolute Gasteiger partial charge is 0.417 e. The highest BCUT2D eigenvalue weighted by Gasteiger charge is 2.33. The Hall–Kier alpha value is -5.25. The Balaban J connectivity index is 1.46. The lowest BCUT2D eigenvalue weighted by molar-refractivity contribution is -0.137. The predicted molar refractivity (Wildman–Crippen MR) is 137 cm³/mol. The first-order valence-electron chi connectivity index (χ1n) is 11.6. The molecule has 3 heterocycles. The molecule has 0 saturated carbocycles. The number of hydrogen-bond donors (Lipinski definition) is 3. The molecule has 3 N–H and O–H groups in total. The van der Waals surface area contributed by atoms with E-state index in [0.29, 0.717) is 17.6 Å². The van der Waals surface area contributed by atoms with Crippen molar-refractivity contribution in [1.29, 1.82) is 0 Å². The summed E-state index contributed by atoms with van der Waals surface area (Å²) >= 11 is 0. The Morgan fingerprint density at radius 1 is 1.08 bits per heavy atom. The van der Waals surface area contributed by atoms with Crippen LogP contribution in [0.2, 0.25) is 0 Å². The van der Waals surface area contributed by atoms with Gasteiger partial charge in [0.15, 0.2) is 5.69 Å². The molecule has 0 saturated heterocycles. The SMILES string of the molecule is [C-]#[N+]CCNc1cc(C(F)(F)F)cnc1-c1nnc(N[C@H]2N=C(c3ccccc3)c3ccccc3NC2=O)o1. The van der Waals surface area contributed by atoms with Crippen molar-refractivity contribution >= 4 is 29.0 Å². The number of benzene rings is 2. The number of hydrogen-bond acceptors (Lipinski definition) is 8. The molecule has 1 amide bonds. The van der Waals surface area contributed by atoms with Gasteiger partial charge in [0.2, 0.25) is 12.7 Å². The number of amides is 1. The fourth-order valence-corrected chi connectivity index (χ4v) is 3.85. The minimum Gasteiger partial charge on any atom is -0.402 e. The van der Waals surface area contributed by atoms with Crippen molar-refractivity contribution in [2.45, 2.75) is 12.3 Å². The van der Waals surface area contributed by atoms with E-state index in [1.165, 1.54) is 0 Å². The summed E-state index contributed by atoms with van der Waals surface area (Å²) in [7, 11) is 0. The van der Waals surface area contributed by atoms with Gasteiger partial charge >= 0.3 is 12.2 Å². The van der Waals surface area contributed by atoms with E-state index in [1.807, 2.05) is 42.5 Å². The lowest BCUT2D eigenvalue weighted by Crippen LogP contribution is -2.32. The van der Waals surface area contributed by atoms with Gasteiger partial charge in [-0.2, -0.15) is 13.2 Å². The third-order valence-corrected chi connectivity index (χ3v) is 5.64. The van der Waals surface area contributed by atoms with E-state index in [9.17, 15) is 18.0 Å². The van der Waals surface area contributed by atoms with Crippen molar-refractivity contribution in [3.05, 3.63) is 95.0 Å². The lowest BCUT2D eigenvalue weighted by Gasteiger charge is -2.12. The maximum atomic E-state index is 13.2. The van der Waals surface area contributed by atoms with Crippen LogP contribution in [0.15, 0.2) is 76.3 Å². The van der Waals surface area contributed by atoms with E-state index in [1.54, 1.807) is 12.1 Å². The Kier molecular flexibility index (Phi) is 6.92. The second-order valence-electron chi connectivity index (χ2n) is 8.26. The molecule has 2 aromatic carbocycles. The minimum atomic E-state index is -4.62. The molecule has 39 heavy (non-hydrogen) atoms. The normalized spacial score (nSPS) is 14.9. The standard InChI is InChI=1S/C26H19F3N8O2/c1-30-11-12-31-19-13-16(26(27,28)29)14-32-21(19)24-36-37-25(39-24)35-22-23(38)33-18-10-6-5-9-17(18)20(34-22)15-7-3-2-4-8-15/h2-10,13-14,22,31H,11-12H2,(H,33,38)(H,35,37)/t22-/m1/s1. The fraction of sp³-hybridized carbons (Fsp3) is 0.154. The van der Waals surface area contributed by atoms with E-state index in [0.717, 1.165) is 17.2 Å². The number of rotatable bonds is 7. The number of halogens is 3. The zero-order valence-electron chi connectivity index (χ0n) is 20.0. The topological polar surface area (TPSA) is 122 Å². The van der Waals surface area contributed by atoms with Gasteiger partial charge in [0.25, 0.3) is 11.8 Å². The molecular formula is C26H19F3N8O2. The van der Waals surface area contributed by atoms with Crippen molar-refractivity contribution in [2.75, 3.05) is 29.0 Å². The van der Waals surface area contributed by atoms with E-state index >= 15 is 0 Å². The van der Waals surface area contributed by atoms with Gasteiger partial charge < -0.3 is 25.2 Å². The molecular weight excluding hydrogens is 513 g/mol. The Bertz CT molecular complexity index is 1580. The van der Waals surface area contributed by atoms with Crippen molar-refractivity contribution in [3.63, 3.8) is 0 Å². The fourth-order valence-electron chi connectivity index (χ4n) is 3.85. The van der Waals surface area contributed by atoms with Gasteiger partial charge in [-0.1, -0.05) is 53.6 Å². The van der Waals surface area contributed by atoms with Crippen LogP contribution in [0.1, 0.15) is 16.7 Å². The summed E-state index contributed by atoms with van der Waals surface area (Å²) in [6.45, 7) is 7.01. The predicted octanol–water partition coefficient (Wildman–Crippen LogP) is 4.71. The number of para-hydroxylation sites is 1. The third kappa shape index (κ3) is 5.54. The van der Waals surface area contributed by atoms with Crippen LogP contribution in [0, 0.1) is 6.57 Å². The molecule has 0 aliphatic carbocycles. The van der Waals surface area contributed by atoms with Gasteiger partial charge in [-0.05, 0) is 12.1 Å². The summed E-state index contributed by atoms with van der Waals surface area (Å²) in [5, 5.41) is 16.2. The Labute approximate surface area is 219 Å². The average Bonchev–Trinajstić information content (AvgIpc) is 3.34. The smallest absolute Gasteiger partial charge is 0.402 e. The number of benzodiazepines with no additional fused rings is 1. The van der Waals surface area contributed by atoms with Crippen molar-refractivity contribution in [1.82, 2.24) is 15.2 Å². The summed E-state index contributed by atoms with van der Waals surface area (Å²) in [4.78, 5) is 24.7. The summed E-state index contributed by atoms with van der Waals surface area (Å²) in [5.74, 6) is -0.677. The molecule has 2 aromatic heterocycles. The molecule has 1 atom stereocenters. The van der Waals surface area contributed by atoms with Crippen molar-refractivity contribution in [3.8, 4) is 11.6 Å². The first-order chi connectivity index (χ1) is 18.8. The van der Waals surface area contributed by atoms with Crippen LogP contribution < -0.4 is 16.0 Å². The number of anilines is 3. The van der Waals surface area contributed by atoms with Gasteiger partial charge in [0.05, 0.1) is 29.2 Å². The zero-order chi connectivity index (χ0) is 27.4. The molecule has 196 valence electrons. The summed E-state index contributed by atoms with van der Waals surface area (Å²) in [6.07, 6.45) is -5.14. The van der Waals surface area contributed by atoms with Gasteiger partial charge in [-0.25, -0.2) is 16.5 Å². The number of fused-ring (bicyclic) bond motifs is 1. The molecule has 0 fully saturated rings. The summed E-state index contributed by atoms with van der Waals surface area (Å²) in [5.41, 5.74) is 1.57. The number of aromatic nitrogens is 3. The van der Waals surface area contributed by atoms with E-state index in [2.05, 4.69) is 41.0 Å². The summed E-state index contributed by atoms with van der Waals surface area (Å²) in [6, 6.07) is 17.2. The number of carbonyl (C=O) groups is 1. The second-order valence-corrected chi connectivity index (χ2v) is 8.26. The van der Waals surface area contributed by atoms with Crippen LogP contribution >= 0.6 is 0 Å². The number of alkyl halides is 3. The highest BCUT2D eigenvalue weighted by molar-refractivity contribution is 6.19. The van der Waals surface area contributed by atoms with Crippen LogP contribution in [-0.4, -0.2) is 46.1 Å².